The summed E-state index contributed by atoms with van der Waals surface area (Å²) in [4.78, 5) is 6.74. The van der Waals surface area contributed by atoms with Crippen LogP contribution in [0.1, 0.15) is 17.5 Å². The van der Waals surface area contributed by atoms with Crippen molar-refractivity contribution < 1.29 is 0 Å². The number of rotatable bonds is 4. The molecular weight excluding hydrogens is 198 g/mol. The molecule has 1 saturated heterocycles. The average Bonchev–Trinajstić information content (AvgIpc) is 2.70. The van der Waals surface area contributed by atoms with Crippen LogP contribution in [0.2, 0.25) is 0 Å². The second-order valence-corrected chi connectivity index (χ2v) is 4.75. The Morgan fingerprint density at radius 1 is 1.56 bits per heavy atom. The summed E-state index contributed by atoms with van der Waals surface area (Å²) < 4.78 is 0. The quantitative estimate of drug-likeness (QED) is 0.830. The molecule has 0 saturated carbocycles. The molecule has 3 heteroatoms. The van der Waals surface area contributed by atoms with Crippen molar-refractivity contribution in [3.05, 3.63) is 29.6 Å². The summed E-state index contributed by atoms with van der Waals surface area (Å²) in [6.07, 6.45) is 5.19. The normalized spacial score (nSPS) is 21.5. The van der Waals surface area contributed by atoms with E-state index in [1.54, 1.807) is 0 Å². The van der Waals surface area contributed by atoms with Crippen LogP contribution in [0.4, 0.5) is 0 Å². The van der Waals surface area contributed by atoms with Gasteiger partial charge in [-0.15, -0.1) is 0 Å². The number of hydrogen-bond donors (Lipinski definition) is 1. The molecule has 1 aliphatic heterocycles. The van der Waals surface area contributed by atoms with Crippen molar-refractivity contribution in [2.24, 2.45) is 5.92 Å². The maximum Gasteiger partial charge on any atom is 0.0315 e. The van der Waals surface area contributed by atoms with Gasteiger partial charge in [0.2, 0.25) is 0 Å². The van der Waals surface area contributed by atoms with Crippen molar-refractivity contribution in [1.29, 1.82) is 0 Å². The minimum absolute atomic E-state index is 0.821. The van der Waals surface area contributed by atoms with Crippen molar-refractivity contribution in [3.63, 3.8) is 0 Å². The molecule has 0 amide bonds. The second-order valence-electron chi connectivity index (χ2n) is 4.75. The first-order valence-corrected chi connectivity index (χ1v) is 6.06. The Balaban J connectivity index is 1.90. The molecule has 1 N–H and O–H groups in total. The molecule has 0 aromatic carbocycles. The molecule has 0 bridgehead atoms. The fraction of sp³-hybridized carbons (Fsp3) is 0.615. The number of likely N-dealkylation sites (tertiary alicyclic amines) is 1. The molecule has 3 nitrogen and oxygen atoms in total. The Morgan fingerprint density at radius 3 is 3.19 bits per heavy atom. The van der Waals surface area contributed by atoms with Gasteiger partial charge in [0, 0.05) is 25.5 Å². The molecule has 16 heavy (non-hydrogen) atoms. The van der Waals surface area contributed by atoms with Crippen LogP contribution in [0.15, 0.2) is 18.5 Å². The lowest BCUT2D eigenvalue weighted by atomic mass is 10.1. The van der Waals surface area contributed by atoms with Crippen LogP contribution in [0, 0.1) is 12.8 Å². The van der Waals surface area contributed by atoms with Gasteiger partial charge in [-0.1, -0.05) is 0 Å². The summed E-state index contributed by atoms with van der Waals surface area (Å²) in [7, 11) is 2.04. The molecule has 1 aromatic rings. The number of aromatic nitrogens is 1. The third-order valence-corrected chi connectivity index (χ3v) is 3.40. The standard InChI is InChI=1S/C13H21N3/c1-11-3-5-15-8-13(11)10-16-6-4-12(9-16)7-14-2/h3,5,8,12,14H,4,6-7,9-10H2,1-2H3. The van der Waals surface area contributed by atoms with Gasteiger partial charge in [0.15, 0.2) is 0 Å². The Kier molecular flexibility index (Phi) is 3.91. The highest BCUT2D eigenvalue weighted by atomic mass is 15.1. The molecule has 1 atom stereocenters. The number of aryl methyl sites for hydroxylation is 1. The molecule has 88 valence electrons. The molecular formula is C13H21N3. The average molecular weight is 219 g/mol. The van der Waals surface area contributed by atoms with Crippen LogP contribution in [0.3, 0.4) is 0 Å². The SMILES string of the molecule is CNCC1CCN(Cc2cnccc2C)C1. The highest BCUT2D eigenvalue weighted by molar-refractivity contribution is 5.21. The molecule has 2 heterocycles. The van der Waals surface area contributed by atoms with Crippen LogP contribution in [0.25, 0.3) is 0 Å². The van der Waals surface area contributed by atoms with E-state index in [4.69, 9.17) is 0 Å². The van der Waals surface area contributed by atoms with Crippen molar-refractivity contribution in [2.75, 3.05) is 26.7 Å². The summed E-state index contributed by atoms with van der Waals surface area (Å²) in [5.41, 5.74) is 2.72. The molecule has 1 aromatic heterocycles. The van der Waals surface area contributed by atoms with E-state index >= 15 is 0 Å². The van der Waals surface area contributed by atoms with Crippen molar-refractivity contribution in [2.45, 2.75) is 19.9 Å². The molecule has 0 aliphatic carbocycles. The topological polar surface area (TPSA) is 28.2 Å². The van der Waals surface area contributed by atoms with Gasteiger partial charge >= 0.3 is 0 Å². The van der Waals surface area contributed by atoms with Gasteiger partial charge < -0.3 is 5.32 Å². The molecule has 1 fully saturated rings. The first-order valence-electron chi connectivity index (χ1n) is 6.06. The molecule has 0 spiro atoms. The van der Waals surface area contributed by atoms with Crippen LogP contribution >= 0.6 is 0 Å². The van der Waals surface area contributed by atoms with Gasteiger partial charge in [0.05, 0.1) is 0 Å². The Hall–Kier alpha value is -0.930. The lowest BCUT2D eigenvalue weighted by molar-refractivity contribution is 0.314. The summed E-state index contributed by atoms with van der Waals surface area (Å²) in [6.45, 7) is 6.80. The maximum absolute atomic E-state index is 4.20. The first kappa shape index (κ1) is 11.6. The van der Waals surface area contributed by atoms with E-state index in [1.807, 2.05) is 19.4 Å². The Labute approximate surface area is 97.9 Å². The Bertz CT molecular complexity index is 338. The predicted octanol–water partition coefficient (Wildman–Crippen LogP) is 1.43. The summed E-state index contributed by atoms with van der Waals surface area (Å²) in [6, 6.07) is 2.09. The fourth-order valence-corrected chi connectivity index (χ4v) is 2.41. The minimum atomic E-state index is 0.821. The smallest absolute Gasteiger partial charge is 0.0315 e. The number of nitrogens with zero attached hydrogens (tertiary/aromatic N) is 2. The van der Waals surface area contributed by atoms with E-state index in [-0.39, 0.29) is 0 Å². The lowest BCUT2D eigenvalue weighted by Crippen LogP contribution is -2.24. The highest BCUT2D eigenvalue weighted by Crippen LogP contribution is 2.18. The van der Waals surface area contributed by atoms with Crippen molar-refractivity contribution in [1.82, 2.24) is 15.2 Å². The zero-order valence-corrected chi connectivity index (χ0v) is 10.2. The van der Waals surface area contributed by atoms with Gasteiger partial charge in [-0.3, -0.25) is 9.88 Å². The van der Waals surface area contributed by atoms with Crippen molar-refractivity contribution >= 4 is 0 Å². The van der Waals surface area contributed by atoms with E-state index in [0.717, 1.165) is 19.0 Å². The number of pyridine rings is 1. The largest absolute Gasteiger partial charge is 0.319 e. The number of nitrogens with one attached hydrogen (secondary N) is 1. The molecule has 1 aliphatic rings. The van der Waals surface area contributed by atoms with Crippen LogP contribution in [-0.2, 0) is 6.54 Å². The lowest BCUT2D eigenvalue weighted by Gasteiger charge is -2.17. The van der Waals surface area contributed by atoms with Crippen LogP contribution < -0.4 is 5.32 Å². The predicted molar refractivity (Wildman–Crippen MR) is 66.3 cm³/mol. The summed E-state index contributed by atoms with van der Waals surface area (Å²) in [5, 5.41) is 3.27. The molecule has 1 unspecified atom stereocenters. The first-order chi connectivity index (χ1) is 7.79. The number of hydrogen-bond acceptors (Lipinski definition) is 3. The highest BCUT2D eigenvalue weighted by Gasteiger charge is 2.21. The Morgan fingerprint density at radius 2 is 2.44 bits per heavy atom. The van der Waals surface area contributed by atoms with E-state index in [9.17, 15) is 0 Å². The molecule has 0 radical (unpaired) electrons. The van der Waals surface area contributed by atoms with Crippen LogP contribution in [-0.4, -0.2) is 36.6 Å². The zero-order chi connectivity index (χ0) is 11.4. The summed E-state index contributed by atoms with van der Waals surface area (Å²) >= 11 is 0. The van der Waals surface area contributed by atoms with Gasteiger partial charge in [-0.25, -0.2) is 0 Å². The van der Waals surface area contributed by atoms with Crippen molar-refractivity contribution in [3.8, 4) is 0 Å². The third-order valence-electron chi connectivity index (χ3n) is 3.40. The monoisotopic (exact) mass is 219 g/mol. The van der Waals surface area contributed by atoms with Crippen LogP contribution in [0.5, 0.6) is 0 Å². The van der Waals surface area contributed by atoms with E-state index < -0.39 is 0 Å². The summed E-state index contributed by atoms with van der Waals surface area (Å²) in [5.74, 6) is 0.821. The van der Waals surface area contributed by atoms with E-state index in [2.05, 4.69) is 28.2 Å². The van der Waals surface area contributed by atoms with Gasteiger partial charge in [0.1, 0.15) is 0 Å². The van der Waals surface area contributed by atoms with E-state index in [1.165, 1.54) is 30.6 Å². The van der Waals surface area contributed by atoms with Gasteiger partial charge in [0.25, 0.3) is 0 Å². The maximum atomic E-state index is 4.20. The van der Waals surface area contributed by atoms with Gasteiger partial charge in [-0.2, -0.15) is 0 Å². The molecule has 2 rings (SSSR count). The third kappa shape index (κ3) is 2.80. The second kappa shape index (κ2) is 5.41. The van der Waals surface area contributed by atoms with E-state index in [0.29, 0.717) is 0 Å². The minimum Gasteiger partial charge on any atom is -0.319 e. The van der Waals surface area contributed by atoms with Gasteiger partial charge in [-0.05, 0) is 56.6 Å². The fourth-order valence-electron chi connectivity index (χ4n) is 2.41. The zero-order valence-electron chi connectivity index (χ0n) is 10.2.